The zero-order valence-corrected chi connectivity index (χ0v) is 15.2. The highest BCUT2D eigenvalue weighted by Gasteiger charge is 2.17. The molecule has 0 heterocycles. The summed E-state index contributed by atoms with van der Waals surface area (Å²) in [6, 6.07) is 5.53. The molecule has 1 unspecified atom stereocenters. The number of hydrogen-bond acceptors (Lipinski definition) is 5. The van der Waals surface area contributed by atoms with Crippen LogP contribution in [0, 0.1) is 0 Å². The highest BCUT2D eigenvalue weighted by atomic mass is 35.5. The van der Waals surface area contributed by atoms with E-state index in [1.165, 1.54) is 26.2 Å². The first kappa shape index (κ1) is 21.6. The molecule has 0 aliphatic heterocycles. The van der Waals surface area contributed by atoms with E-state index in [-0.39, 0.29) is 17.3 Å². The number of sulfonamides is 1. The van der Waals surface area contributed by atoms with Crippen LogP contribution in [0.15, 0.2) is 29.2 Å². The predicted molar refractivity (Wildman–Crippen MR) is 89.8 cm³/mol. The summed E-state index contributed by atoms with van der Waals surface area (Å²) in [5.41, 5.74) is 0. The van der Waals surface area contributed by atoms with Crippen molar-refractivity contribution in [3.05, 3.63) is 24.3 Å². The van der Waals surface area contributed by atoms with Crippen LogP contribution in [0.25, 0.3) is 0 Å². The van der Waals surface area contributed by atoms with E-state index < -0.39 is 22.0 Å². The number of carbonyl (C=O) groups is 1. The van der Waals surface area contributed by atoms with Crippen molar-refractivity contribution in [3.63, 3.8) is 0 Å². The van der Waals surface area contributed by atoms with Gasteiger partial charge in [-0.1, -0.05) is 0 Å². The van der Waals surface area contributed by atoms with Crippen molar-refractivity contribution in [1.29, 1.82) is 0 Å². The smallest absolute Gasteiger partial charge is 0.320 e. The van der Waals surface area contributed by atoms with Crippen molar-refractivity contribution >= 4 is 28.4 Å². The molecule has 1 aromatic rings. The maximum atomic E-state index is 11.9. The zero-order valence-electron chi connectivity index (χ0n) is 13.6. The van der Waals surface area contributed by atoms with Gasteiger partial charge in [0.25, 0.3) is 0 Å². The van der Waals surface area contributed by atoms with Gasteiger partial charge in [-0.2, -0.15) is 0 Å². The van der Waals surface area contributed by atoms with Crippen LogP contribution in [0.5, 0.6) is 5.75 Å². The van der Waals surface area contributed by atoms with E-state index in [1.807, 2.05) is 0 Å². The summed E-state index contributed by atoms with van der Waals surface area (Å²) in [4.78, 5) is 12.7. The van der Waals surface area contributed by atoms with Crippen molar-refractivity contribution in [2.75, 3.05) is 34.3 Å². The number of benzene rings is 1. The number of ether oxygens (including phenoxy) is 1. The molecule has 0 spiro atoms. The summed E-state index contributed by atoms with van der Waals surface area (Å²) in [5.74, 6) is -0.352. The van der Waals surface area contributed by atoms with Gasteiger partial charge in [0, 0.05) is 20.6 Å². The molecule has 23 heavy (non-hydrogen) atoms. The van der Waals surface area contributed by atoms with Crippen molar-refractivity contribution < 1.29 is 23.1 Å². The Bertz CT molecular complexity index is 604. The minimum absolute atomic E-state index is 0. The van der Waals surface area contributed by atoms with Crippen LogP contribution in [0.4, 0.5) is 0 Å². The van der Waals surface area contributed by atoms with Gasteiger partial charge in [-0.25, -0.2) is 12.7 Å². The Balaban J connectivity index is 0.00000484. The van der Waals surface area contributed by atoms with Crippen LogP contribution in [0.2, 0.25) is 0 Å². The lowest BCUT2D eigenvalue weighted by atomic mass is 10.3. The van der Waals surface area contributed by atoms with E-state index in [9.17, 15) is 13.2 Å². The fraction of sp³-hybridized carbons (Fsp3) is 0.500. The molecule has 7 nitrogen and oxygen atoms in total. The molecule has 1 aromatic carbocycles. The van der Waals surface area contributed by atoms with Crippen molar-refractivity contribution in [1.82, 2.24) is 9.21 Å². The first-order valence-corrected chi connectivity index (χ1v) is 8.18. The van der Waals surface area contributed by atoms with Crippen LogP contribution < -0.4 is 4.74 Å². The first-order valence-electron chi connectivity index (χ1n) is 6.74. The van der Waals surface area contributed by atoms with Gasteiger partial charge in [-0.3, -0.25) is 9.69 Å². The van der Waals surface area contributed by atoms with Crippen LogP contribution in [0.3, 0.4) is 0 Å². The molecule has 0 saturated heterocycles. The Morgan fingerprint density at radius 1 is 1.22 bits per heavy atom. The second kappa shape index (κ2) is 9.07. The maximum Gasteiger partial charge on any atom is 0.320 e. The molecular weight excluding hydrogens is 344 g/mol. The van der Waals surface area contributed by atoms with Crippen LogP contribution in [0.1, 0.15) is 6.92 Å². The van der Waals surface area contributed by atoms with Crippen molar-refractivity contribution in [2.24, 2.45) is 0 Å². The zero-order chi connectivity index (χ0) is 16.9. The van der Waals surface area contributed by atoms with Gasteiger partial charge in [-0.15, -0.1) is 12.4 Å². The Morgan fingerprint density at radius 2 is 1.74 bits per heavy atom. The summed E-state index contributed by atoms with van der Waals surface area (Å²) in [7, 11) is 1.20. The van der Waals surface area contributed by atoms with Gasteiger partial charge in [0.2, 0.25) is 10.0 Å². The van der Waals surface area contributed by atoms with Gasteiger partial charge >= 0.3 is 5.97 Å². The third-order valence-electron chi connectivity index (χ3n) is 3.33. The first-order chi connectivity index (χ1) is 10.2. The average molecular weight is 367 g/mol. The largest absolute Gasteiger partial charge is 0.492 e. The minimum Gasteiger partial charge on any atom is -0.492 e. The van der Waals surface area contributed by atoms with E-state index in [0.717, 1.165) is 4.31 Å². The monoisotopic (exact) mass is 366 g/mol. The van der Waals surface area contributed by atoms with Crippen LogP contribution >= 0.6 is 12.4 Å². The quantitative estimate of drug-likeness (QED) is 0.742. The standard InChI is InChI=1S/C14H22N2O5S.ClH/c1-11(14(17)18)16(4)9-10-21-12-5-7-13(8-6-12)22(19,20)15(2)3;/h5-8,11H,9-10H2,1-4H3,(H,17,18);1H. The second-order valence-electron chi connectivity index (χ2n) is 5.10. The molecular formula is C14H23ClN2O5S. The molecule has 0 aliphatic carbocycles. The van der Waals surface area contributed by atoms with Crippen LogP contribution in [-0.4, -0.2) is 69.0 Å². The van der Waals surface area contributed by atoms with Gasteiger partial charge in [0.15, 0.2) is 0 Å². The number of carboxylic acids is 1. The fourth-order valence-corrected chi connectivity index (χ4v) is 2.51. The third kappa shape index (κ3) is 5.98. The minimum atomic E-state index is -3.44. The second-order valence-corrected chi connectivity index (χ2v) is 7.25. The molecule has 0 aromatic heterocycles. The van der Waals surface area contributed by atoms with Gasteiger partial charge in [-0.05, 0) is 38.2 Å². The topological polar surface area (TPSA) is 87.1 Å². The molecule has 0 fully saturated rings. The van der Waals surface area contributed by atoms with E-state index in [1.54, 1.807) is 31.0 Å². The molecule has 1 N–H and O–H groups in total. The Kier molecular flexibility index (Phi) is 8.54. The molecule has 0 bridgehead atoms. The third-order valence-corrected chi connectivity index (χ3v) is 5.16. The van der Waals surface area contributed by atoms with E-state index in [2.05, 4.69) is 0 Å². The Labute approximate surface area is 143 Å². The van der Waals surface area contributed by atoms with Gasteiger partial charge < -0.3 is 9.84 Å². The lowest BCUT2D eigenvalue weighted by Crippen LogP contribution is -2.38. The Hall–Kier alpha value is -1.35. The normalized spacial score (nSPS) is 12.8. The van der Waals surface area contributed by atoms with E-state index >= 15 is 0 Å². The number of rotatable bonds is 8. The summed E-state index contributed by atoms with van der Waals surface area (Å²) < 4.78 is 30.5. The SMILES string of the molecule is CC(C(=O)O)N(C)CCOc1ccc(S(=O)(=O)N(C)C)cc1.Cl. The lowest BCUT2D eigenvalue weighted by molar-refractivity contribution is -0.142. The molecule has 132 valence electrons. The number of hydrogen-bond donors (Lipinski definition) is 1. The van der Waals surface area contributed by atoms with Crippen molar-refractivity contribution in [3.8, 4) is 5.75 Å². The summed E-state index contributed by atoms with van der Waals surface area (Å²) in [6.07, 6.45) is 0. The molecule has 0 aliphatic rings. The molecule has 0 saturated carbocycles. The fourth-order valence-electron chi connectivity index (χ4n) is 1.61. The number of nitrogens with zero attached hydrogens (tertiary/aromatic N) is 2. The molecule has 0 radical (unpaired) electrons. The van der Waals surface area contributed by atoms with E-state index in [0.29, 0.717) is 18.9 Å². The molecule has 1 rings (SSSR count). The molecule has 1 atom stereocenters. The predicted octanol–water partition coefficient (Wildman–Crippen LogP) is 1.14. The molecule has 9 heteroatoms. The lowest BCUT2D eigenvalue weighted by Gasteiger charge is -2.21. The summed E-state index contributed by atoms with van der Waals surface area (Å²) >= 11 is 0. The highest BCUT2D eigenvalue weighted by molar-refractivity contribution is 7.89. The Morgan fingerprint density at radius 3 is 2.17 bits per heavy atom. The number of likely N-dealkylation sites (N-methyl/N-ethyl adjacent to an activating group) is 1. The summed E-state index contributed by atoms with van der Waals surface area (Å²) in [5, 5.41) is 8.88. The van der Waals surface area contributed by atoms with Crippen LogP contribution in [-0.2, 0) is 14.8 Å². The molecule has 0 amide bonds. The number of carboxylic acid groups (broad SMARTS) is 1. The number of aliphatic carboxylic acids is 1. The van der Waals surface area contributed by atoms with E-state index in [4.69, 9.17) is 9.84 Å². The average Bonchev–Trinajstić information content (AvgIpc) is 2.46. The maximum absolute atomic E-state index is 11.9. The van der Waals surface area contributed by atoms with Gasteiger partial charge in [0.1, 0.15) is 18.4 Å². The number of halogens is 1. The van der Waals surface area contributed by atoms with Gasteiger partial charge in [0.05, 0.1) is 4.90 Å². The summed E-state index contributed by atoms with van der Waals surface area (Å²) in [6.45, 7) is 2.36. The highest BCUT2D eigenvalue weighted by Crippen LogP contribution is 2.18. The van der Waals surface area contributed by atoms with Crippen molar-refractivity contribution in [2.45, 2.75) is 17.9 Å².